The Morgan fingerprint density at radius 3 is 3.00 bits per heavy atom. The molecule has 4 nitrogen and oxygen atoms in total. The maximum Gasteiger partial charge on any atom is 0.223 e. The van der Waals surface area contributed by atoms with E-state index in [2.05, 4.69) is 17.2 Å². The molecule has 1 aliphatic rings. The topological polar surface area (TPSA) is 58.6 Å². The first kappa shape index (κ1) is 15.0. The number of ether oxygens (including phenoxy) is 1. The third-order valence-corrected chi connectivity index (χ3v) is 4.14. The first-order valence-corrected chi connectivity index (χ1v) is 7.65. The summed E-state index contributed by atoms with van der Waals surface area (Å²) in [6, 6.07) is 3.93. The van der Waals surface area contributed by atoms with Crippen molar-refractivity contribution >= 4 is 17.2 Å². The van der Waals surface area contributed by atoms with Crippen molar-refractivity contribution in [3.63, 3.8) is 0 Å². The Hall–Kier alpha value is -1.35. The number of aliphatic hydroxyl groups excluding tert-OH is 1. The highest BCUT2D eigenvalue weighted by Crippen LogP contribution is 2.17. The Balaban J connectivity index is 1.79. The second-order valence-corrected chi connectivity index (χ2v) is 5.81. The minimum atomic E-state index is 0.0897. The highest BCUT2D eigenvalue weighted by molar-refractivity contribution is 7.12. The molecule has 1 aliphatic heterocycles. The van der Waals surface area contributed by atoms with E-state index in [1.807, 2.05) is 12.1 Å². The van der Waals surface area contributed by atoms with E-state index in [0.29, 0.717) is 26.2 Å². The first-order valence-electron chi connectivity index (χ1n) is 6.83. The van der Waals surface area contributed by atoms with Gasteiger partial charge < -0.3 is 15.2 Å². The van der Waals surface area contributed by atoms with Gasteiger partial charge in [-0.1, -0.05) is 11.8 Å². The van der Waals surface area contributed by atoms with Crippen molar-refractivity contribution < 1.29 is 14.6 Å². The molecule has 1 saturated heterocycles. The summed E-state index contributed by atoms with van der Waals surface area (Å²) in [6.45, 7) is 2.01. The van der Waals surface area contributed by atoms with E-state index in [-0.39, 0.29) is 18.4 Å². The van der Waals surface area contributed by atoms with E-state index in [1.54, 1.807) is 11.3 Å². The van der Waals surface area contributed by atoms with Gasteiger partial charge >= 0.3 is 0 Å². The lowest BCUT2D eigenvalue weighted by Gasteiger charge is -2.20. The summed E-state index contributed by atoms with van der Waals surface area (Å²) < 4.78 is 5.25. The van der Waals surface area contributed by atoms with Crippen LogP contribution in [-0.2, 0) is 16.1 Å². The molecule has 20 heavy (non-hydrogen) atoms. The van der Waals surface area contributed by atoms with Gasteiger partial charge in [0.05, 0.1) is 18.0 Å². The molecule has 5 heteroatoms. The van der Waals surface area contributed by atoms with Gasteiger partial charge in [0.15, 0.2) is 0 Å². The molecule has 0 unspecified atom stereocenters. The average Bonchev–Trinajstić information content (AvgIpc) is 2.94. The van der Waals surface area contributed by atoms with Gasteiger partial charge in [-0.05, 0) is 25.0 Å². The SMILES string of the molecule is O=C(NCc1ccc(C#CCCO)s1)C1CCOCC1. The standard InChI is InChI=1S/C15H19NO3S/c17-8-2-1-3-13-4-5-14(20-13)11-16-15(18)12-6-9-19-10-7-12/h4-5,12,17H,2,6-11H2,(H,16,18). The van der Waals surface area contributed by atoms with Gasteiger partial charge in [0.25, 0.3) is 0 Å². The van der Waals surface area contributed by atoms with E-state index in [1.165, 1.54) is 0 Å². The van der Waals surface area contributed by atoms with Crippen molar-refractivity contribution in [3.05, 3.63) is 21.9 Å². The van der Waals surface area contributed by atoms with E-state index in [9.17, 15) is 4.79 Å². The molecule has 108 valence electrons. The molecule has 0 atom stereocenters. The zero-order chi connectivity index (χ0) is 14.2. The molecule has 0 bridgehead atoms. The van der Waals surface area contributed by atoms with Crippen molar-refractivity contribution in [1.29, 1.82) is 0 Å². The van der Waals surface area contributed by atoms with Crippen molar-refractivity contribution in [1.82, 2.24) is 5.32 Å². The maximum atomic E-state index is 12.0. The number of carbonyl (C=O) groups is 1. The second-order valence-electron chi connectivity index (χ2n) is 4.65. The number of hydrogen-bond acceptors (Lipinski definition) is 4. The molecule has 0 saturated carbocycles. The van der Waals surface area contributed by atoms with Crippen molar-refractivity contribution in [2.45, 2.75) is 25.8 Å². The van der Waals surface area contributed by atoms with E-state index in [4.69, 9.17) is 9.84 Å². The Kier molecular flexibility index (Phi) is 6.06. The predicted molar refractivity (Wildman–Crippen MR) is 78.3 cm³/mol. The fourth-order valence-electron chi connectivity index (χ4n) is 2.02. The third kappa shape index (κ3) is 4.64. The summed E-state index contributed by atoms with van der Waals surface area (Å²) >= 11 is 1.58. The molecule has 1 fully saturated rings. The Morgan fingerprint density at radius 2 is 2.25 bits per heavy atom. The lowest BCUT2D eigenvalue weighted by Crippen LogP contribution is -2.33. The van der Waals surface area contributed by atoms with Gasteiger partial charge in [-0.25, -0.2) is 0 Å². The first-order chi connectivity index (χ1) is 9.79. The van der Waals surface area contributed by atoms with E-state index >= 15 is 0 Å². The van der Waals surface area contributed by atoms with Crippen LogP contribution in [0.15, 0.2) is 12.1 Å². The van der Waals surface area contributed by atoms with Crippen LogP contribution in [0.2, 0.25) is 0 Å². The zero-order valence-corrected chi connectivity index (χ0v) is 12.2. The molecule has 0 radical (unpaired) electrons. The summed E-state index contributed by atoms with van der Waals surface area (Å²) in [5.41, 5.74) is 0. The molecule has 0 aliphatic carbocycles. The van der Waals surface area contributed by atoms with Crippen LogP contribution in [0.5, 0.6) is 0 Å². The van der Waals surface area contributed by atoms with Gasteiger partial charge in [0.2, 0.25) is 5.91 Å². The van der Waals surface area contributed by atoms with Gasteiger partial charge in [-0.15, -0.1) is 11.3 Å². The van der Waals surface area contributed by atoms with Crippen LogP contribution in [0.3, 0.4) is 0 Å². The fraction of sp³-hybridized carbons (Fsp3) is 0.533. The minimum Gasteiger partial charge on any atom is -0.395 e. The highest BCUT2D eigenvalue weighted by atomic mass is 32.1. The van der Waals surface area contributed by atoms with Gasteiger partial charge in [-0.3, -0.25) is 4.79 Å². The maximum absolute atomic E-state index is 12.0. The van der Waals surface area contributed by atoms with Crippen LogP contribution >= 0.6 is 11.3 Å². The van der Waals surface area contributed by atoms with Crippen molar-refractivity contribution in [3.8, 4) is 11.8 Å². The highest BCUT2D eigenvalue weighted by Gasteiger charge is 2.21. The third-order valence-electron chi connectivity index (χ3n) is 3.14. The predicted octanol–water partition coefficient (Wildman–Crippen LogP) is 1.52. The molecule has 1 amide bonds. The van der Waals surface area contributed by atoms with Gasteiger partial charge in [0.1, 0.15) is 0 Å². The lowest BCUT2D eigenvalue weighted by atomic mass is 9.99. The number of amides is 1. The van der Waals surface area contributed by atoms with E-state index < -0.39 is 0 Å². The molecule has 1 aromatic heterocycles. The monoisotopic (exact) mass is 293 g/mol. The van der Waals surface area contributed by atoms with Crippen molar-refractivity contribution in [2.75, 3.05) is 19.8 Å². The molecule has 0 aromatic carbocycles. The number of thiophene rings is 1. The molecular formula is C15H19NO3S. The summed E-state index contributed by atoms with van der Waals surface area (Å²) in [5, 5.41) is 11.6. The average molecular weight is 293 g/mol. The fourth-order valence-corrected chi connectivity index (χ4v) is 2.85. The molecule has 1 aromatic rings. The van der Waals surface area contributed by atoms with Gasteiger partial charge in [-0.2, -0.15) is 0 Å². The number of aliphatic hydroxyl groups is 1. The van der Waals surface area contributed by atoms with Crippen LogP contribution < -0.4 is 5.32 Å². The molecular weight excluding hydrogens is 274 g/mol. The number of hydrogen-bond donors (Lipinski definition) is 2. The van der Waals surface area contributed by atoms with Crippen LogP contribution in [0.25, 0.3) is 0 Å². The number of nitrogens with one attached hydrogen (secondary N) is 1. The van der Waals surface area contributed by atoms with Crippen LogP contribution in [0.4, 0.5) is 0 Å². The molecule has 0 spiro atoms. The Labute approximate surface area is 123 Å². The van der Waals surface area contributed by atoms with Crippen molar-refractivity contribution in [2.24, 2.45) is 5.92 Å². The smallest absolute Gasteiger partial charge is 0.223 e. The normalized spacial score (nSPS) is 15.4. The zero-order valence-electron chi connectivity index (χ0n) is 11.4. The molecule has 2 heterocycles. The van der Waals surface area contributed by atoms with Crippen LogP contribution in [-0.4, -0.2) is 30.8 Å². The summed E-state index contributed by atoms with van der Waals surface area (Å²) in [7, 11) is 0. The Bertz CT molecular complexity index is 495. The lowest BCUT2D eigenvalue weighted by molar-refractivity contribution is -0.128. The molecule has 2 N–H and O–H groups in total. The van der Waals surface area contributed by atoms with Crippen LogP contribution in [0, 0.1) is 17.8 Å². The molecule has 2 rings (SSSR count). The largest absolute Gasteiger partial charge is 0.395 e. The minimum absolute atomic E-state index is 0.0897. The summed E-state index contributed by atoms with van der Waals surface area (Å²) in [6.07, 6.45) is 2.12. The van der Waals surface area contributed by atoms with E-state index in [0.717, 1.165) is 22.6 Å². The quantitative estimate of drug-likeness (QED) is 0.828. The Morgan fingerprint density at radius 1 is 1.45 bits per heavy atom. The number of rotatable bonds is 4. The van der Waals surface area contributed by atoms with Crippen LogP contribution in [0.1, 0.15) is 29.0 Å². The summed E-state index contributed by atoms with van der Waals surface area (Å²) in [5.74, 6) is 6.10. The second kappa shape index (κ2) is 8.05. The van der Waals surface area contributed by atoms with Gasteiger partial charge in [0, 0.05) is 30.4 Å². The number of carbonyl (C=O) groups excluding carboxylic acids is 1. The summed E-state index contributed by atoms with van der Waals surface area (Å²) in [4.78, 5) is 14.0.